The summed E-state index contributed by atoms with van der Waals surface area (Å²) in [5, 5.41) is 2.82. The predicted molar refractivity (Wildman–Crippen MR) is 142 cm³/mol. The molecule has 1 saturated heterocycles. The van der Waals surface area contributed by atoms with Gasteiger partial charge in [-0.2, -0.15) is 0 Å². The highest BCUT2D eigenvalue weighted by Gasteiger charge is 2.32. The van der Waals surface area contributed by atoms with Crippen molar-refractivity contribution in [2.75, 3.05) is 17.6 Å². The average Bonchev–Trinajstić information content (AvgIpc) is 3.30. The van der Waals surface area contributed by atoms with E-state index in [4.69, 9.17) is 10.7 Å². The van der Waals surface area contributed by atoms with Gasteiger partial charge >= 0.3 is 0 Å². The number of nitrogen functional groups attached to an aromatic ring is 1. The molecule has 9 heteroatoms. The number of carbonyl (C=O) groups is 2. The molecule has 3 N–H and O–H groups in total. The number of benzene rings is 1. The molecule has 1 atom stereocenters. The van der Waals surface area contributed by atoms with E-state index in [0.29, 0.717) is 35.0 Å². The van der Waals surface area contributed by atoms with Gasteiger partial charge in [-0.3, -0.25) is 14.0 Å². The summed E-state index contributed by atoms with van der Waals surface area (Å²) in [4.78, 5) is 40.7. The summed E-state index contributed by atoms with van der Waals surface area (Å²) in [5.41, 5.74) is 9.91. The minimum atomic E-state index is -0.255. The SMILES string of the molecule is CC#CC(=O)N1CCCC[C@H]1c1nc(-c2ccc(C(=O)Nc3cc(C)ccn3)cc2)c2c(N)nccn12. The molecule has 0 bridgehead atoms. The molecular formula is C28H27N7O2. The second-order valence-corrected chi connectivity index (χ2v) is 8.98. The molecule has 37 heavy (non-hydrogen) atoms. The van der Waals surface area contributed by atoms with E-state index in [1.165, 1.54) is 0 Å². The molecule has 5 rings (SSSR count). The number of likely N-dealkylation sites (tertiary alicyclic amines) is 1. The minimum absolute atomic E-state index is 0.203. The standard InChI is InChI=1S/C28H27N7O2/c1-3-6-23(36)34-15-5-4-7-21(34)27-33-24(25-26(29)31-14-16-35(25)27)19-8-10-20(11-9-19)28(37)32-22-17-18(2)12-13-30-22/h8-14,16-17,21H,4-5,7,15H2,1-2H3,(H2,29,31)(H,30,32,37)/t21-/m0/s1. The van der Waals surface area contributed by atoms with Gasteiger partial charge in [-0.1, -0.05) is 18.1 Å². The first kappa shape index (κ1) is 24.0. The fraction of sp³-hybridized carbons (Fsp3) is 0.250. The number of anilines is 2. The van der Waals surface area contributed by atoms with Crippen molar-refractivity contribution in [3.63, 3.8) is 0 Å². The Morgan fingerprint density at radius 2 is 1.92 bits per heavy atom. The van der Waals surface area contributed by atoms with E-state index in [0.717, 1.165) is 36.2 Å². The number of hydrogen-bond donors (Lipinski definition) is 2. The molecule has 4 heterocycles. The van der Waals surface area contributed by atoms with Crippen molar-refractivity contribution in [3.8, 4) is 23.1 Å². The van der Waals surface area contributed by atoms with Gasteiger partial charge in [0.25, 0.3) is 11.8 Å². The van der Waals surface area contributed by atoms with Gasteiger partial charge in [0.1, 0.15) is 28.7 Å². The highest BCUT2D eigenvalue weighted by Crippen LogP contribution is 2.35. The molecule has 2 amide bonds. The van der Waals surface area contributed by atoms with Crippen LogP contribution in [0.4, 0.5) is 11.6 Å². The lowest BCUT2D eigenvalue weighted by atomic mass is 10.0. The van der Waals surface area contributed by atoms with Crippen molar-refractivity contribution in [1.29, 1.82) is 0 Å². The summed E-state index contributed by atoms with van der Waals surface area (Å²) in [6, 6.07) is 10.6. The van der Waals surface area contributed by atoms with Crippen LogP contribution in [0, 0.1) is 18.8 Å². The molecule has 4 aromatic rings. The number of hydrogen-bond acceptors (Lipinski definition) is 6. The lowest BCUT2D eigenvalue weighted by Crippen LogP contribution is -2.38. The first-order chi connectivity index (χ1) is 18.0. The predicted octanol–water partition coefficient (Wildman–Crippen LogP) is 4.01. The third kappa shape index (κ3) is 4.74. The Bertz CT molecular complexity index is 1550. The van der Waals surface area contributed by atoms with E-state index in [-0.39, 0.29) is 17.9 Å². The zero-order valence-electron chi connectivity index (χ0n) is 20.7. The lowest BCUT2D eigenvalue weighted by Gasteiger charge is -2.33. The van der Waals surface area contributed by atoms with Gasteiger partial charge in [-0.15, -0.1) is 0 Å². The van der Waals surface area contributed by atoms with Gasteiger partial charge in [-0.25, -0.2) is 15.0 Å². The quantitative estimate of drug-likeness (QED) is 0.415. The van der Waals surface area contributed by atoms with Gasteiger partial charge < -0.3 is 16.0 Å². The second-order valence-electron chi connectivity index (χ2n) is 8.98. The molecule has 0 aliphatic carbocycles. The van der Waals surface area contributed by atoms with E-state index in [1.807, 2.05) is 41.8 Å². The molecule has 3 aromatic heterocycles. The van der Waals surface area contributed by atoms with Crippen LogP contribution in [-0.2, 0) is 4.79 Å². The largest absolute Gasteiger partial charge is 0.382 e. The van der Waals surface area contributed by atoms with Gasteiger partial charge in [0.05, 0.1) is 6.04 Å². The number of nitrogens with one attached hydrogen (secondary N) is 1. The first-order valence-electron chi connectivity index (χ1n) is 12.2. The van der Waals surface area contributed by atoms with Crippen molar-refractivity contribution >= 4 is 29.0 Å². The van der Waals surface area contributed by atoms with Crippen LogP contribution < -0.4 is 11.1 Å². The number of nitrogens with zero attached hydrogens (tertiary/aromatic N) is 5. The van der Waals surface area contributed by atoms with Crippen LogP contribution in [-0.4, -0.2) is 42.6 Å². The smallest absolute Gasteiger partial charge is 0.299 e. The van der Waals surface area contributed by atoms with Gasteiger partial charge in [-0.05, 0) is 68.9 Å². The van der Waals surface area contributed by atoms with Crippen LogP contribution in [0.3, 0.4) is 0 Å². The zero-order valence-corrected chi connectivity index (χ0v) is 20.7. The number of carbonyl (C=O) groups excluding carboxylic acids is 2. The van der Waals surface area contributed by atoms with Gasteiger partial charge in [0, 0.05) is 36.3 Å². The van der Waals surface area contributed by atoms with Crippen LogP contribution in [0.25, 0.3) is 16.8 Å². The number of pyridine rings is 1. The molecule has 1 aliphatic rings. The molecule has 0 saturated carbocycles. The summed E-state index contributed by atoms with van der Waals surface area (Å²) in [7, 11) is 0. The zero-order chi connectivity index (χ0) is 25.9. The normalized spacial score (nSPS) is 15.2. The van der Waals surface area contributed by atoms with Gasteiger partial charge in [0.15, 0.2) is 0 Å². The topological polar surface area (TPSA) is 119 Å². The Hall–Kier alpha value is -4.71. The number of rotatable bonds is 4. The Kier molecular flexibility index (Phi) is 6.56. The fourth-order valence-corrected chi connectivity index (χ4v) is 4.72. The Balaban J connectivity index is 1.50. The van der Waals surface area contributed by atoms with Crippen molar-refractivity contribution in [2.24, 2.45) is 0 Å². The van der Waals surface area contributed by atoms with Crippen LogP contribution in [0.1, 0.15) is 54.0 Å². The molecule has 186 valence electrons. The average molecular weight is 494 g/mol. The Morgan fingerprint density at radius 3 is 2.68 bits per heavy atom. The lowest BCUT2D eigenvalue weighted by molar-refractivity contribution is -0.129. The maximum absolute atomic E-state index is 12.8. The summed E-state index contributed by atoms with van der Waals surface area (Å²) in [5.74, 6) is 6.48. The number of imidazole rings is 1. The van der Waals surface area contributed by atoms with Crippen molar-refractivity contribution in [2.45, 2.75) is 39.2 Å². The molecule has 0 spiro atoms. The number of fused-ring (bicyclic) bond motifs is 1. The highest BCUT2D eigenvalue weighted by molar-refractivity contribution is 6.04. The minimum Gasteiger partial charge on any atom is -0.382 e. The summed E-state index contributed by atoms with van der Waals surface area (Å²) >= 11 is 0. The van der Waals surface area contributed by atoms with E-state index < -0.39 is 0 Å². The van der Waals surface area contributed by atoms with Crippen molar-refractivity contribution in [1.82, 2.24) is 24.3 Å². The number of piperidine rings is 1. The van der Waals surface area contributed by atoms with E-state index in [1.54, 1.807) is 36.4 Å². The van der Waals surface area contributed by atoms with Crippen molar-refractivity contribution in [3.05, 3.63) is 71.9 Å². The Labute approximate surface area is 214 Å². The maximum atomic E-state index is 12.8. The number of nitrogens with two attached hydrogens (primary N) is 1. The number of aromatic nitrogens is 4. The van der Waals surface area contributed by atoms with Crippen LogP contribution in [0.5, 0.6) is 0 Å². The summed E-state index contributed by atoms with van der Waals surface area (Å²) in [6.45, 7) is 4.23. The molecule has 9 nitrogen and oxygen atoms in total. The second kappa shape index (κ2) is 10.1. The molecule has 0 radical (unpaired) electrons. The third-order valence-electron chi connectivity index (χ3n) is 6.48. The monoisotopic (exact) mass is 493 g/mol. The highest BCUT2D eigenvalue weighted by atomic mass is 16.2. The van der Waals surface area contributed by atoms with Crippen molar-refractivity contribution < 1.29 is 9.59 Å². The van der Waals surface area contributed by atoms with Crippen LogP contribution >= 0.6 is 0 Å². The first-order valence-corrected chi connectivity index (χ1v) is 12.2. The van der Waals surface area contributed by atoms with Crippen LogP contribution in [0.2, 0.25) is 0 Å². The molecular weight excluding hydrogens is 466 g/mol. The maximum Gasteiger partial charge on any atom is 0.299 e. The number of aryl methyl sites for hydroxylation is 1. The third-order valence-corrected chi connectivity index (χ3v) is 6.48. The molecule has 1 aliphatic heterocycles. The summed E-state index contributed by atoms with van der Waals surface area (Å²) in [6.07, 6.45) is 7.79. The fourth-order valence-electron chi connectivity index (χ4n) is 4.72. The van der Waals surface area contributed by atoms with Gasteiger partial charge in [0.2, 0.25) is 0 Å². The molecule has 1 aromatic carbocycles. The van der Waals surface area contributed by atoms with E-state index in [9.17, 15) is 9.59 Å². The van der Waals surface area contributed by atoms with E-state index in [2.05, 4.69) is 27.1 Å². The molecule has 0 unspecified atom stereocenters. The Morgan fingerprint density at radius 1 is 1.11 bits per heavy atom. The number of amides is 2. The van der Waals surface area contributed by atoms with Crippen LogP contribution in [0.15, 0.2) is 55.0 Å². The molecule has 1 fully saturated rings. The van der Waals surface area contributed by atoms with E-state index >= 15 is 0 Å². The summed E-state index contributed by atoms with van der Waals surface area (Å²) < 4.78 is 1.91.